The van der Waals surface area contributed by atoms with Gasteiger partial charge in [0.25, 0.3) is 0 Å². The van der Waals surface area contributed by atoms with Gasteiger partial charge >= 0.3 is 0 Å². The number of hydrogen-bond donors (Lipinski definition) is 3. The molecule has 21 heavy (non-hydrogen) atoms. The lowest BCUT2D eigenvalue weighted by Crippen LogP contribution is -2.15. The Morgan fingerprint density at radius 1 is 1.19 bits per heavy atom. The maximum absolute atomic E-state index is 12.8. The van der Waals surface area contributed by atoms with E-state index in [9.17, 15) is 4.39 Å². The summed E-state index contributed by atoms with van der Waals surface area (Å²) in [6.07, 6.45) is 1.40. The van der Waals surface area contributed by atoms with Crippen molar-refractivity contribution in [1.29, 1.82) is 0 Å². The first-order chi connectivity index (χ1) is 10.2. The van der Waals surface area contributed by atoms with Crippen molar-refractivity contribution in [1.82, 2.24) is 9.97 Å². The summed E-state index contributed by atoms with van der Waals surface area (Å²) < 4.78 is 18.2. The number of rotatable bonds is 7. The smallest absolute Gasteiger partial charge is 0.155 e. The highest BCUT2D eigenvalue weighted by atomic mass is 19.1. The number of anilines is 3. The molecule has 0 aliphatic rings. The lowest BCUT2D eigenvalue weighted by molar-refractivity contribution is 0.332. The van der Waals surface area contributed by atoms with E-state index in [0.717, 1.165) is 6.54 Å². The zero-order valence-corrected chi connectivity index (χ0v) is 11.8. The first-order valence-electron chi connectivity index (χ1n) is 6.67. The summed E-state index contributed by atoms with van der Waals surface area (Å²) in [5.41, 5.74) is 6.48. The van der Waals surface area contributed by atoms with Crippen molar-refractivity contribution in [2.75, 3.05) is 36.1 Å². The van der Waals surface area contributed by atoms with Crippen LogP contribution in [0, 0.1) is 5.82 Å². The molecule has 112 valence electrons. The molecule has 4 N–H and O–H groups in total. The van der Waals surface area contributed by atoms with Crippen LogP contribution in [-0.4, -0.2) is 29.7 Å². The highest BCUT2D eigenvalue weighted by Crippen LogP contribution is 2.23. The topological polar surface area (TPSA) is 85.1 Å². The predicted molar refractivity (Wildman–Crippen MR) is 81.0 cm³/mol. The lowest BCUT2D eigenvalue weighted by atomic mass is 10.3. The Morgan fingerprint density at radius 2 is 1.95 bits per heavy atom. The Kier molecular flexibility index (Phi) is 5.14. The van der Waals surface area contributed by atoms with Crippen molar-refractivity contribution in [3.8, 4) is 5.75 Å². The average molecular weight is 291 g/mol. The van der Waals surface area contributed by atoms with E-state index in [4.69, 9.17) is 10.5 Å². The Morgan fingerprint density at radius 3 is 2.67 bits per heavy atom. The molecule has 0 spiro atoms. The summed E-state index contributed by atoms with van der Waals surface area (Å²) in [7, 11) is 0. The second-order valence-corrected chi connectivity index (χ2v) is 4.24. The van der Waals surface area contributed by atoms with Gasteiger partial charge in [-0.05, 0) is 31.2 Å². The van der Waals surface area contributed by atoms with Crippen LogP contribution in [0.15, 0.2) is 30.6 Å². The maximum atomic E-state index is 12.8. The number of nitrogen functional groups attached to an aromatic ring is 1. The van der Waals surface area contributed by atoms with Crippen molar-refractivity contribution in [2.24, 2.45) is 0 Å². The Balaban J connectivity index is 1.86. The number of halogens is 1. The minimum Gasteiger partial charge on any atom is -0.492 e. The van der Waals surface area contributed by atoms with E-state index in [2.05, 4.69) is 20.6 Å². The minimum atomic E-state index is -0.285. The summed E-state index contributed by atoms with van der Waals surface area (Å²) in [5, 5.41) is 6.24. The second-order valence-electron chi connectivity index (χ2n) is 4.24. The second kappa shape index (κ2) is 7.28. The molecule has 0 saturated heterocycles. The molecule has 0 saturated carbocycles. The van der Waals surface area contributed by atoms with Gasteiger partial charge in [0.05, 0.1) is 6.54 Å². The van der Waals surface area contributed by atoms with Gasteiger partial charge in [0.1, 0.15) is 30.2 Å². The summed E-state index contributed by atoms with van der Waals surface area (Å²) in [5.74, 6) is 1.36. The number of nitrogens with zero attached hydrogens (tertiary/aromatic N) is 2. The number of nitrogens with one attached hydrogen (secondary N) is 2. The molecule has 0 unspecified atom stereocenters. The number of hydrogen-bond acceptors (Lipinski definition) is 6. The number of nitrogens with two attached hydrogens (primary N) is 1. The fourth-order valence-electron chi connectivity index (χ4n) is 1.75. The number of aromatic nitrogens is 2. The molecule has 0 aliphatic carbocycles. The molecule has 6 nitrogen and oxygen atoms in total. The van der Waals surface area contributed by atoms with Crippen LogP contribution in [0.4, 0.5) is 21.7 Å². The van der Waals surface area contributed by atoms with Crippen LogP contribution in [0.5, 0.6) is 5.75 Å². The van der Waals surface area contributed by atoms with E-state index < -0.39 is 0 Å². The van der Waals surface area contributed by atoms with Crippen molar-refractivity contribution < 1.29 is 9.13 Å². The van der Waals surface area contributed by atoms with Gasteiger partial charge in [0.2, 0.25) is 0 Å². The van der Waals surface area contributed by atoms with Crippen LogP contribution in [0.2, 0.25) is 0 Å². The van der Waals surface area contributed by atoms with Gasteiger partial charge in [-0.3, -0.25) is 0 Å². The number of benzene rings is 1. The molecular weight excluding hydrogens is 273 g/mol. The summed E-state index contributed by atoms with van der Waals surface area (Å²) in [4.78, 5) is 8.08. The van der Waals surface area contributed by atoms with E-state index in [-0.39, 0.29) is 5.82 Å². The van der Waals surface area contributed by atoms with Crippen molar-refractivity contribution in [3.63, 3.8) is 0 Å². The predicted octanol–water partition coefficient (Wildman–Crippen LogP) is 2.12. The third kappa shape index (κ3) is 4.20. The van der Waals surface area contributed by atoms with Crippen LogP contribution < -0.4 is 21.1 Å². The van der Waals surface area contributed by atoms with Gasteiger partial charge in [-0.25, -0.2) is 14.4 Å². The fraction of sp³-hybridized carbons (Fsp3) is 0.286. The van der Waals surface area contributed by atoms with E-state index in [1.54, 1.807) is 12.1 Å². The SMILES string of the molecule is CCNc1c(N)ncnc1NCCOc1ccc(F)cc1. The molecule has 0 radical (unpaired) electrons. The number of ether oxygens (including phenoxy) is 1. The average Bonchev–Trinajstić information content (AvgIpc) is 2.49. The van der Waals surface area contributed by atoms with E-state index in [1.165, 1.54) is 18.5 Å². The summed E-state index contributed by atoms with van der Waals surface area (Å²) >= 11 is 0. The molecule has 2 aromatic rings. The Hall–Kier alpha value is -2.57. The van der Waals surface area contributed by atoms with Crippen molar-refractivity contribution >= 4 is 17.3 Å². The van der Waals surface area contributed by atoms with Crippen LogP contribution >= 0.6 is 0 Å². The molecule has 0 aliphatic heterocycles. The fourth-order valence-corrected chi connectivity index (χ4v) is 1.75. The Labute approximate surface area is 122 Å². The Bertz CT molecular complexity index is 576. The highest BCUT2D eigenvalue weighted by Gasteiger charge is 2.07. The van der Waals surface area contributed by atoms with E-state index in [1.807, 2.05) is 6.92 Å². The van der Waals surface area contributed by atoms with Gasteiger partial charge in [-0.2, -0.15) is 0 Å². The highest BCUT2D eigenvalue weighted by molar-refractivity contribution is 5.75. The lowest BCUT2D eigenvalue weighted by Gasteiger charge is -2.13. The third-order valence-corrected chi connectivity index (χ3v) is 2.71. The normalized spacial score (nSPS) is 10.2. The zero-order valence-electron chi connectivity index (χ0n) is 11.8. The van der Waals surface area contributed by atoms with Gasteiger partial charge < -0.3 is 21.1 Å². The first kappa shape index (κ1) is 14.8. The summed E-state index contributed by atoms with van der Waals surface area (Å²) in [6, 6.07) is 5.89. The molecule has 0 fully saturated rings. The molecule has 1 aromatic carbocycles. The molecule has 0 atom stereocenters. The minimum absolute atomic E-state index is 0.285. The molecular formula is C14H18FN5O. The molecule has 1 aromatic heterocycles. The van der Waals surface area contributed by atoms with Crippen molar-refractivity contribution in [3.05, 3.63) is 36.4 Å². The van der Waals surface area contributed by atoms with Crippen LogP contribution in [0.25, 0.3) is 0 Å². The van der Waals surface area contributed by atoms with Gasteiger partial charge in [0, 0.05) is 6.54 Å². The molecule has 0 amide bonds. The van der Waals surface area contributed by atoms with Crippen LogP contribution in [0.1, 0.15) is 6.92 Å². The van der Waals surface area contributed by atoms with Crippen molar-refractivity contribution in [2.45, 2.75) is 6.92 Å². The third-order valence-electron chi connectivity index (χ3n) is 2.71. The molecule has 0 bridgehead atoms. The van der Waals surface area contributed by atoms with Crippen LogP contribution in [0.3, 0.4) is 0 Å². The van der Waals surface area contributed by atoms with E-state index >= 15 is 0 Å². The molecule has 2 rings (SSSR count). The maximum Gasteiger partial charge on any atom is 0.155 e. The quantitative estimate of drug-likeness (QED) is 0.678. The first-order valence-corrected chi connectivity index (χ1v) is 6.67. The zero-order chi connectivity index (χ0) is 15.1. The van der Waals surface area contributed by atoms with Crippen LogP contribution in [-0.2, 0) is 0 Å². The monoisotopic (exact) mass is 291 g/mol. The van der Waals surface area contributed by atoms with Gasteiger partial charge in [0.15, 0.2) is 11.6 Å². The summed E-state index contributed by atoms with van der Waals surface area (Å²) in [6.45, 7) is 3.64. The largest absolute Gasteiger partial charge is 0.492 e. The van der Waals surface area contributed by atoms with Gasteiger partial charge in [-0.1, -0.05) is 0 Å². The molecule has 1 heterocycles. The van der Waals surface area contributed by atoms with E-state index in [0.29, 0.717) is 36.2 Å². The standard InChI is InChI=1S/C14H18FN5O/c1-2-17-12-13(16)19-9-20-14(12)18-7-8-21-11-5-3-10(15)4-6-11/h3-6,9,17H,2,7-8H2,1H3,(H3,16,18,19,20). The van der Waals surface area contributed by atoms with Gasteiger partial charge in [-0.15, -0.1) is 0 Å². The molecule has 7 heteroatoms.